The first-order valence-corrected chi connectivity index (χ1v) is 25.6. The third-order valence-electron chi connectivity index (χ3n) is 10.3. The molecule has 338 valence electrons. The highest BCUT2D eigenvalue weighted by atomic mass is 33.1. The van der Waals surface area contributed by atoms with Crippen LogP contribution in [0.15, 0.2) is 24.3 Å². The molecule has 0 aromatic carbocycles. The molecular formula is C47H86NO8S2+. The SMILES string of the molecule is CCCCCCCC/C=C/CCCCCCCC(=O)OCC(C[N+](C)(C)CCSSC(CC(=O)O)C(=O)O)OC(=O)CCCCCCC/C=C/CCCCCCCC. The van der Waals surface area contributed by atoms with Crippen molar-refractivity contribution < 1.29 is 43.3 Å². The van der Waals surface area contributed by atoms with Crippen LogP contribution in [0.5, 0.6) is 0 Å². The number of esters is 2. The molecule has 0 saturated carbocycles. The Morgan fingerprint density at radius 2 is 1.00 bits per heavy atom. The highest BCUT2D eigenvalue weighted by Crippen LogP contribution is 2.29. The number of aliphatic carboxylic acids is 2. The van der Waals surface area contributed by atoms with E-state index in [4.69, 9.17) is 14.6 Å². The van der Waals surface area contributed by atoms with Crippen LogP contribution in [0, 0.1) is 0 Å². The Kier molecular flexibility index (Phi) is 39.0. The number of carboxylic acid groups (broad SMARTS) is 2. The molecule has 0 aliphatic rings. The number of rotatable bonds is 43. The molecule has 58 heavy (non-hydrogen) atoms. The van der Waals surface area contributed by atoms with Gasteiger partial charge >= 0.3 is 23.9 Å². The summed E-state index contributed by atoms with van der Waals surface area (Å²) in [5.74, 6) is -2.26. The van der Waals surface area contributed by atoms with Crippen LogP contribution < -0.4 is 0 Å². The second-order valence-electron chi connectivity index (χ2n) is 16.6. The second kappa shape index (κ2) is 40.4. The van der Waals surface area contributed by atoms with Crippen LogP contribution in [-0.2, 0) is 28.7 Å². The lowest BCUT2D eigenvalue weighted by Gasteiger charge is -2.33. The van der Waals surface area contributed by atoms with Crippen LogP contribution in [0.4, 0.5) is 0 Å². The lowest BCUT2D eigenvalue weighted by molar-refractivity contribution is -0.890. The summed E-state index contributed by atoms with van der Waals surface area (Å²) < 4.78 is 12.0. The first-order valence-electron chi connectivity index (χ1n) is 23.2. The van der Waals surface area contributed by atoms with Crippen molar-refractivity contribution in [2.75, 3.05) is 39.5 Å². The molecule has 0 rings (SSSR count). The van der Waals surface area contributed by atoms with Crippen molar-refractivity contribution in [1.29, 1.82) is 0 Å². The van der Waals surface area contributed by atoms with Gasteiger partial charge in [0, 0.05) is 12.8 Å². The van der Waals surface area contributed by atoms with Gasteiger partial charge in [0.15, 0.2) is 6.10 Å². The second-order valence-corrected chi connectivity index (χ2v) is 19.3. The molecule has 9 nitrogen and oxygen atoms in total. The number of ether oxygens (including phenoxy) is 2. The third kappa shape index (κ3) is 39.5. The fourth-order valence-corrected chi connectivity index (χ4v) is 9.26. The maximum atomic E-state index is 12.9. The van der Waals surface area contributed by atoms with Gasteiger partial charge in [-0.2, -0.15) is 0 Å². The Morgan fingerprint density at radius 3 is 1.43 bits per heavy atom. The molecule has 0 aromatic rings. The average Bonchev–Trinajstić information content (AvgIpc) is 3.17. The van der Waals surface area contributed by atoms with E-state index in [2.05, 4.69) is 38.2 Å². The number of carboxylic acids is 2. The Labute approximate surface area is 362 Å². The van der Waals surface area contributed by atoms with E-state index in [-0.39, 0.29) is 18.5 Å². The van der Waals surface area contributed by atoms with Crippen molar-refractivity contribution in [3.63, 3.8) is 0 Å². The normalized spacial score (nSPS) is 13.0. The Balaban J connectivity index is 4.61. The average molecular weight is 857 g/mol. The number of unbranched alkanes of at least 4 members (excludes halogenated alkanes) is 22. The Morgan fingerprint density at radius 1 is 0.586 bits per heavy atom. The summed E-state index contributed by atoms with van der Waals surface area (Å²) >= 11 is 0. The summed E-state index contributed by atoms with van der Waals surface area (Å²) in [5, 5.41) is 17.3. The van der Waals surface area contributed by atoms with Crippen molar-refractivity contribution in [3.8, 4) is 0 Å². The van der Waals surface area contributed by atoms with E-state index in [0.29, 0.717) is 36.2 Å². The minimum atomic E-state index is -1.14. The maximum Gasteiger partial charge on any atom is 0.318 e. The summed E-state index contributed by atoms with van der Waals surface area (Å²) in [7, 11) is 6.37. The number of hydrogen-bond acceptors (Lipinski definition) is 8. The number of nitrogens with zero attached hydrogens (tertiary/aromatic N) is 1. The third-order valence-corrected chi connectivity index (χ3v) is 13.0. The van der Waals surface area contributed by atoms with Crippen LogP contribution in [0.3, 0.4) is 0 Å². The number of hydrogen-bond donors (Lipinski definition) is 2. The number of carbonyl (C=O) groups excluding carboxylic acids is 2. The van der Waals surface area contributed by atoms with Gasteiger partial charge in [0.25, 0.3) is 0 Å². The maximum absolute atomic E-state index is 12.9. The predicted molar refractivity (Wildman–Crippen MR) is 245 cm³/mol. The van der Waals surface area contributed by atoms with Gasteiger partial charge in [0.05, 0.1) is 32.8 Å². The van der Waals surface area contributed by atoms with Crippen LogP contribution in [-0.4, -0.2) is 89.5 Å². The molecule has 0 heterocycles. The number of carbonyl (C=O) groups is 4. The van der Waals surface area contributed by atoms with Crippen molar-refractivity contribution >= 4 is 45.5 Å². The summed E-state index contributed by atoms with van der Waals surface area (Å²) in [6, 6.07) is 0. The van der Waals surface area contributed by atoms with Gasteiger partial charge in [-0.15, -0.1) is 0 Å². The van der Waals surface area contributed by atoms with Crippen LogP contribution in [0.2, 0.25) is 0 Å². The zero-order chi connectivity index (χ0) is 43.0. The smallest absolute Gasteiger partial charge is 0.318 e. The lowest BCUT2D eigenvalue weighted by Crippen LogP contribution is -2.49. The molecule has 2 N–H and O–H groups in total. The number of quaternary nitrogens is 1. The molecule has 0 amide bonds. The number of allylic oxidation sites excluding steroid dienone is 4. The van der Waals surface area contributed by atoms with Crippen LogP contribution >= 0.6 is 21.6 Å². The molecule has 2 unspecified atom stereocenters. The molecule has 0 spiro atoms. The summed E-state index contributed by atoms with van der Waals surface area (Å²) in [4.78, 5) is 48.1. The number of likely N-dealkylation sites (N-methyl/N-ethyl adjacent to an activating group) is 1. The monoisotopic (exact) mass is 857 g/mol. The fraction of sp³-hybridized carbons (Fsp3) is 0.830. The van der Waals surface area contributed by atoms with E-state index in [1.807, 2.05) is 14.1 Å². The van der Waals surface area contributed by atoms with Gasteiger partial charge in [0.2, 0.25) is 0 Å². The molecule has 0 radical (unpaired) electrons. The zero-order valence-electron chi connectivity index (χ0n) is 37.4. The van der Waals surface area contributed by atoms with Crippen LogP contribution in [0.25, 0.3) is 0 Å². The molecule has 0 fully saturated rings. The van der Waals surface area contributed by atoms with Gasteiger partial charge in [-0.25, -0.2) is 0 Å². The van der Waals surface area contributed by atoms with E-state index in [0.717, 1.165) is 75.0 Å². The Hall–Kier alpha value is -1.98. The van der Waals surface area contributed by atoms with E-state index in [1.54, 1.807) is 0 Å². The van der Waals surface area contributed by atoms with Crippen molar-refractivity contribution in [2.24, 2.45) is 0 Å². The highest BCUT2D eigenvalue weighted by molar-refractivity contribution is 8.77. The lowest BCUT2D eigenvalue weighted by atomic mass is 10.1. The fourth-order valence-electron chi connectivity index (χ4n) is 6.69. The minimum absolute atomic E-state index is 0.00525. The van der Waals surface area contributed by atoms with Gasteiger partial charge in [-0.05, 0) is 64.2 Å². The quantitative estimate of drug-likeness (QED) is 0.0201. The molecular weight excluding hydrogens is 771 g/mol. The minimum Gasteiger partial charge on any atom is -0.481 e. The molecule has 0 aliphatic carbocycles. The largest absolute Gasteiger partial charge is 0.481 e. The Bertz CT molecular complexity index is 1080. The first kappa shape index (κ1) is 56.0. The van der Waals surface area contributed by atoms with Gasteiger partial charge in [-0.1, -0.05) is 162 Å². The molecule has 11 heteroatoms. The van der Waals surface area contributed by atoms with Gasteiger partial charge in [0.1, 0.15) is 18.4 Å². The summed E-state index contributed by atoms with van der Waals surface area (Å²) in [6.45, 7) is 5.57. The summed E-state index contributed by atoms with van der Waals surface area (Å²) in [5.41, 5.74) is 0. The summed E-state index contributed by atoms with van der Waals surface area (Å²) in [6.07, 6.45) is 39.9. The zero-order valence-corrected chi connectivity index (χ0v) is 39.0. The van der Waals surface area contributed by atoms with Crippen molar-refractivity contribution in [3.05, 3.63) is 24.3 Å². The van der Waals surface area contributed by atoms with E-state index in [1.165, 1.54) is 114 Å². The predicted octanol–water partition coefficient (Wildman–Crippen LogP) is 12.9. The van der Waals surface area contributed by atoms with Crippen molar-refractivity contribution in [2.45, 2.75) is 211 Å². The topological polar surface area (TPSA) is 127 Å². The van der Waals surface area contributed by atoms with E-state index < -0.39 is 29.7 Å². The molecule has 2 atom stereocenters. The molecule has 0 aliphatic heterocycles. The van der Waals surface area contributed by atoms with Gasteiger partial charge in [-0.3, -0.25) is 19.2 Å². The van der Waals surface area contributed by atoms with E-state index in [9.17, 15) is 24.3 Å². The van der Waals surface area contributed by atoms with Crippen LogP contribution in [0.1, 0.15) is 200 Å². The molecule has 0 aromatic heterocycles. The standard InChI is InChI=1S/C47H85NO8S2/c1-5-7-9-11-13-15-17-19-21-23-25-27-29-31-33-35-45(51)55-41-42(40-48(3,4)37-38-57-58-43(47(53)54)39-44(49)50)56-46(52)36-34-32-30-28-26-24-22-20-18-16-14-12-10-8-6-2/h19-22,42-43H,5-18,23-41H2,1-4H3,(H-,49,50,53,54)/p+1/b21-19+,22-20+. The highest BCUT2D eigenvalue weighted by Gasteiger charge is 2.28. The van der Waals surface area contributed by atoms with E-state index >= 15 is 0 Å². The van der Waals surface area contributed by atoms with Crippen molar-refractivity contribution in [1.82, 2.24) is 0 Å². The first-order chi connectivity index (χ1) is 28.0. The molecule has 0 bridgehead atoms. The molecule has 0 saturated heterocycles. The van der Waals surface area contributed by atoms with Gasteiger partial charge < -0.3 is 24.2 Å².